The Bertz CT molecular complexity index is 1090. The molecular weight excluding hydrogens is 400 g/mol. The lowest BCUT2D eigenvalue weighted by molar-refractivity contribution is -0.327. The highest BCUT2D eigenvalue weighted by Gasteiger charge is 2.61. The van der Waals surface area contributed by atoms with Crippen molar-refractivity contribution in [3.63, 3.8) is 0 Å². The summed E-state index contributed by atoms with van der Waals surface area (Å²) in [4.78, 5) is 22.3. The van der Waals surface area contributed by atoms with E-state index in [0.717, 1.165) is 11.6 Å². The van der Waals surface area contributed by atoms with E-state index in [9.17, 15) is 24.9 Å². The predicted molar refractivity (Wildman–Crippen MR) is 112 cm³/mol. The molecule has 1 aliphatic rings. The van der Waals surface area contributed by atoms with Crippen molar-refractivity contribution in [3.05, 3.63) is 108 Å². The molecule has 1 aliphatic heterocycles. The van der Waals surface area contributed by atoms with Crippen LogP contribution in [-0.4, -0.2) is 38.0 Å². The maximum absolute atomic E-state index is 12.2. The van der Waals surface area contributed by atoms with E-state index in [4.69, 9.17) is 9.84 Å². The molecule has 0 spiro atoms. The fraction of sp³-hybridized carbons (Fsp3) is 0.0833. The van der Waals surface area contributed by atoms with E-state index < -0.39 is 23.3 Å². The van der Waals surface area contributed by atoms with Crippen LogP contribution in [-0.2, 0) is 10.6 Å². The molecule has 0 fully saturated rings. The van der Waals surface area contributed by atoms with Gasteiger partial charge >= 0.3 is 11.8 Å². The molecule has 0 saturated heterocycles. The molecule has 0 radical (unpaired) electrons. The summed E-state index contributed by atoms with van der Waals surface area (Å²) in [6.07, 6.45) is 2.68. The number of carbonyl (C=O) groups is 2. The minimum absolute atomic E-state index is 0.0121. The van der Waals surface area contributed by atoms with Crippen LogP contribution in [0.5, 0.6) is 5.75 Å². The molecule has 3 aromatic carbocycles. The molecule has 0 amide bonds. The fourth-order valence-electron chi connectivity index (χ4n) is 2.97. The van der Waals surface area contributed by atoms with E-state index in [2.05, 4.69) is 0 Å². The quantitative estimate of drug-likeness (QED) is 0.379. The van der Waals surface area contributed by atoms with Gasteiger partial charge in [0.25, 0.3) is 5.79 Å². The fourth-order valence-corrected chi connectivity index (χ4v) is 2.97. The number of fused-ring (bicyclic) bond motifs is 1. The molecule has 4 N–H and O–H groups in total. The third-order valence-corrected chi connectivity index (χ3v) is 4.56. The lowest BCUT2D eigenvalue weighted by Crippen LogP contribution is -2.62. The number of carbonyl (C=O) groups excluding carboxylic acids is 1. The second-order valence-corrected chi connectivity index (χ2v) is 6.69. The zero-order chi connectivity index (χ0) is 22.5. The SMILES string of the molecule is O=C(O)C=Cc1ccccc1.O=C1c2ccccc2OC(O)(c2ccccc2)C1(O)O. The van der Waals surface area contributed by atoms with Crippen molar-refractivity contribution in [1.82, 2.24) is 0 Å². The first-order chi connectivity index (χ1) is 14.8. The van der Waals surface area contributed by atoms with Crippen LogP contribution in [0.15, 0.2) is 91.0 Å². The number of hydrogen-bond donors (Lipinski definition) is 4. The Kier molecular flexibility index (Phi) is 6.31. The van der Waals surface area contributed by atoms with Gasteiger partial charge in [-0.3, -0.25) is 4.79 Å². The highest BCUT2D eigenvalue weighted by atomic mass is 16.7. The van der Waals surface area contributed by atoms with E-state index >= 15 is 0 Å². The topological polar surface area (TPSA) is 124 Å². The highest BCUT2D eigenvalue weighted by Crippen LogP contribution is 2.42. The second-order valence-electron chi connectivity index (χ2n) is 6.69. The lowest BCUT2D eigenvalue weighted by atomic mass is 9.87. The van der Waals surface area contributed by atoms with Crippen LogP contribution in [0.2, 0.25) is 0 Å². The van der Waals surface area contributed by atoms with Gasteiger partial charge in [0.15, 0.2) is 0 Å². The zero-order valence-electron chi connectivity index (χ0n) is 16.3. The monoisotopic (exact) mass is 420 g/mol. The Balaban J connectivity index is 0.000000210. The van der Waals surface area contributed by atoms with Gasteiger partial charge in [0.1, 0.15) is 5.75 Å². The van der Waals surface area contributed by atoms with E-state index in [-0.39, 0.29) is 16.9 Å². The van der Waals surface area contributed by atoms with Crippen LogP contribution in [0.4, 0.5) is 0 Å². The second kappa shape index (κ2) is 8.93. The maximum Gasteiger partial charge on any atom is 0.328 e. The minimum Gasteiger partial charge on any atom is -0.478 e. The van der Waals surface area contributed by atoms with Gasteiger partial charge in [-0.05, 0) is 23.8 Å². The van der Waals surface area contributed by atoms with E-state index in [1.54, 1.807) is 36.4 Å². The third-order valence-electron chi connectivity index (χ3n) is 4.56. The van der Waals surface area contributed by atoms with Crippen LogP contribution in [0.25, 0.3) is 6.08 Å². The molecule has 0 bridgehead atoms. The predicted octanol–water partition coefficient (Wildman–Crippen LogP) is 2.57. The summed E-state index contributed by atoms with van der Waals surface area (Å²) in [6.45, 7) is 0. The number of carboxylic acid groups (broad SMARTS) is 1. The summed E-state index contributed by atoms with van der Waals surface area (Å²) in [5.41, 5.74) is 0.987. The summed E-state index contributed by atoms with van der Waals surface area (Å²) < 4.78 is 5.33. The number of para-hydroxylation sites is 1. The molecule has 0 aromatic heterocycles. The molecule has 0 aliphatic carbocycles. The van der Waals surface area contributed by atoms with Gasteiger partial charge in [-0.1, -0.05) is 72.8 Å². The Labute approximate surface area is 178 Å². The first-order valence-corrected chi connectivity index (χ1v) is 9.27. The number of Topliss-reactive ketones (excluding diaryl/α,β-unsaturated/α-hetero) is 1. The number of aliphatic hydroxyl groups is 3. The standard InChI is InChI=1S/C15H12O5.C9H8O2/c16-13-11-8-4-5-9-12(11)20-15(19,14(13,17)18)10-6-2-1-3-7-10;10-9(11)7-6-8-4-2-1-3-5-8/h1-9,17-19H;1-7H,(H,10,11). The largest absolute Gasteiger partial charge is 0.478 e. The van der Waals surface area contributed by atoms with E-state index in [0.29, 0.717) is 0 Å². The van der Waals surface area contributed by atoms with Gasteiger partial charge in [0.05, 0.1) is 5.56 Å². The number of aliphatic carboxylic acids is 1. The van der Waals surface area contributed by atoms with Gasteiger partial charge in [-0.15, -0.1) is 0 Å². The van der Waals surface area contributed by atoms with Gasteiger partial charge in [-0.2, -0.15) is 0 Å². The maximum atomic E-state index is 12.2. The number of benzene rings is 3. The normalized spacial score (nSPS) is 19.0. The van der Waals surface area contributed by atoms with Crippen molar-refractivity contribution in [3.8, 4) is 5.75 Å². The van der Waals surface area contributed by atoms with Crippen LogP contribution in [0, 0.1) is 0 Å². The summed E-state index contributed by atoms with van der Waals surface area (Å²) in [5, 5.41) is 39.0. The molecule has 7 nitrogen and oxygen atoms in total. The Morgan fingerprint density at radius 2 is 1.35 bits per heavy atom. The van der Waals surface area contributed by atoms with Crippen LogP contribution < -0.4 is 4.74 Å². The van der Waals surface area contributed by atoms with Crippen molar-refractivity contribution < 1.29 is 34.8 Å². The summed E-state index contributed by atoms with van der Waals surface area (Å²) in [6, 6.07) is 23.2. The zero-order valence-corrected chi connectivity index (χ0v) is 16.3. The summed E-state index contributed by atoms with van der Waals surface area (Å²) in [5.74, 6) is -7.45. The van der Waals surface area contributed by atoms with E-state index in [1.807, 2.05) is 30.3 Å². The number of ether oxygens (including phenoxy) is 1. The van der Waals surface area contributed by atoms with Crippen molar-refractivity contribution >= 4 is 17.8 Å². The van der Waals surface area contributed by atoms with Gasteiger partial charge in [-0.25, -0.2) is 4.79 Å². The summed E-state index contributed by atoms with van der Waals surface area (Å²) in [7, 11) is 0. The van der Waals surface area contributed by atoms with Crippen molar-refractivity contribution in [2.24, 2.45) is 0 Å². The van der Waals surface area contributed by atoms with Crippen LogP contribution >= 0.6 is 0 Å². The van der Waals surface area contributed by atoms with Gasteiger partial charge in [0.2, 0.25) is 5.78 Å². The highest BCUT2D eigenvalue weighted by molar-refractivity contribution is 6.05. The third kappa shape index (κ3) is 4.54. The van der Waals surface area contributed by atoms with Crippen LogP contribution in [0.3, 0.4) is 0 Å². The van der Waals surface area contributed by atoms with Crippen molar-refractivity contribution in [2.75, 3.05) is 0 Å². The van der Waals surface area contributed by atoms with Crippen molar-refractivity contribution in [1.29, 1.82) is 0 Å². The Hall–Kier alpha value is -3.78. The number of carboxylic acids is 1. The molecule has 4 rings (SSSR count). The van der Waals surface area contributed by atoms with Crippen molar-refractivity contribution in [2.45, 2.75) is 11.6 Å². The molecule has 1 unspecified atom stereocenters. The smallest absolute Gasteiger partial charge is 0.328 e. The molecule has 1 heterocycles. The van der Waals surface area contributed by atoms with Gasteiger partial charge < -0.3 is 25.2 Å². The molecule has 3 aromatic rings. The lowest BCUT2D eigenvalue weighted by Gasteiger charge is -2.41. The average Bonchev–Trinajstić information content (AvgIpc) is 2.78. The van der Waals surface area contributed by atoms with Crippen LogP contribution in [0.1, 0.15) is 21.5 Å². The molecular formula is C24H20O7. The first-order valence-electron chi connectivity index (χ1n) is 9.27. The number of ketones is 1. The average molecular weight is 420 g/mol. The molecule has 158 valence electrons. The number of rotatable bonds is 3. The molecule has 0 saturated carbocycles. The first kappa shape index (κ1) is 21.9. The summed E-state index contributed by atoms with van der Waals surface area (Å²) >= 11 is 0. The van der Waals surface area contributed by atoms with E-state index in [1.165, 1.54) is 24.3 Å². The molecule has 31 heavy (non-hydrogen) atoms. The molecule has 7 heteroatoms. The molecule has 1 atom stereocenters. The Morgan fingerprint density at radius 1 is 0.806 bits per heavy atom. The Morgan fingerprint density at radius 3 is 1.97 bits per heavy atom. The van der Waals surface area contributed by atoms with Gasteiger partial charge in [0, 0.05) is 11.6 Å². The minimum atomic E-state index is -3.07. The number of hydrogen-bond acceptors (Lipinski definition) is 6.